The van der Waals surface area contributed by atoms with Crippen molar-refractivity contribution in [3.8, 4) is 11.9 Å². The van der Waals surface area contributed by atoms with Gasteiger partial charge >= 0.3 is 0 Å². The van der Waals surface area contributed by atoms with Gasteiger partial charge in [0, 0.05) is 6.07 Å². The molecule has 0 aromatic carbocycles. The van der Waals surface area contributed by atoms with E-state index in [0.29, 0.717) is 18.1 Å². The van der Waals surface area contributed by atoms with Gasteiger partial charge in [-0.2, -0.15) is 5.26 Å². The molecular weight excluding hydrogens is 176 g/mol. The van der Waals surface area contributed by atoms with Gasteiger partial charge in [-0.15, -0.1) is 0 Å². The van der Waals surface area contributed by atoms with Crippen LogP contribution in [-0.4, -0.2) is 11.6 Å². The van der Waals surface area contributed by atoms with E-state index in [1.807, 2.05) is 13.0 Å². The third-order valence-electron chi connectivity index (χ3n) is 1.24. The molecule has 3 nitrogen and oxygen atoms in total. The molecule has 62 valence electrons. The molecular formula is C8H7ClN2O. The molecule has 0 aliphatic carbocycles. The Bertz CT molecular complexity index is 319. The van der Waals surface area contributed by atoms with Gasteiger partial charge in [-0.1, -0.05) is 11.6 Å². The molecule has 0 saturated carbocycles. The lowest BCUT2D eigenvalue weighted by Crippen LogP contribution is -1.94. The third kappa shape index (κ3) is 1.86. The number of hydrogen-bond acceptors (Lipinski definition) is 3. The van der Waals surface area contributed by atoms with Gasteiger partial charge in [0.1, 0.15) is 6.07 Å². The van der Waals surface area contributed by atoms with Crippen LogP contribution in [-0.2, 0) is 0 Å². The van der Waals surface area contributed by atoms with Crippen molar-refractivity contribution in [1.29, 1.82) is 5.26 Å². The van der Waals surface area contributed by atoms with Gasteiger partial charge in [0.05, 0.1) is 12.2 Å². The fraction of sp³-hybridized carbons (Fsp3) is 0.250. The number of nitrogens with zero attached hydrogens (tertiary/aromatic N) is 2. The molecule has 0 radical (unpaired) electrons. The summed E-state index contributed by atoms with van der Waals surface area (Å²) in [4.78, 5) is 3.85. The van der Waals surface area contributed by atoms with Gasteiger partial charge in [-0.05, 0) is 13.0 Å². The molecule has 4 heteroatoms. The Morgan fingerprint density at radius 1 is 1.67 bits per heavy atom. The highest BCUT2D eigenvalue weighted by molar-refractivity contribution is 6.30. The topological polar surface area (TPSA) is 45.9 Å². The van der Waals surface area contributed by atoms with Gasteiger partial charge in [0.2, 0.25) is 5.88 Å². The van der Waals surface area contributed by atoms with Crippen LogP contribution < -0.4 is 4.74 Å². The van der Waals surface area contributed by atoms with Crippen LogP contribution in [0.5, 0.6) is 5.88 Å². The zero-order valence-electron chi connectivity index (χ0n) is 6.54. The molecule has 0 fully saturated rings. The molecule has 0 N–H and O–H groups in total. The van der Waals surface area contributed by atoms with E-state index in [9.17, 15) is 0 Å². The first-order chi connectivity index (χ1) is 5.77. The molecule has 0 saturated heterocycles. The Balaban J connectivity index is 2.96. The summed E-state index contributed by atoms with van der Waals surface area (Å²) in [6.45, 7) is 2.39. The van der Waals surface area contributed by atoms with Crippen molar-refractivity contribution in [2.45, 2.75) is 6.92 Å². The van der Waals surface area contributed by atoms with E-state index in [2.05, 4.69) is 4.98 Å². The van der Waals surface area contributed by atoms with E-state index < -0.39 is 0 Å². The van der Waals surface area contributed by atoms with E-state index in [1.54, 1.807) is 12.1 Å². The molecule has 1 aromatic heterocycles. The summed E-state index contributed by atoms with van der Waals surface area (Å²) in [5, 5.41) is 8.71. The summed E-state index contributed by atoms with van der Waals surface area (Å²) in [5.74, 6) is 0.446. The Hall–Kier alpha value is -1.27. The van der Waals surface area contributed by atoms with E-state index >= 15 is 0 Å². The SMILES string of the molecule is CCOc1ccc(C#N)c(Cl)n1. The molecule has 1 heterocycles. The minimum absolute atomic E-state index is 0.184. The van der Waals surface area contributed by atoms with Crippen LogP contribution in [0.3, 0.4) is 0 Å². The lowest BCUT2D eigenvalue weighted by molar-refractivity contribution is 0.327. The van der Waals surface area contributed by atoms with E-state index in [0.717, 1.165) is 0 Å². The molecule has 12 heavy (non-hydrogen) atoms. The Morgan fingerprint density at radius 3 is 2.92 bits per heavy atom. The molecule has 0 unspecified atom stereocenters. The predicted octanol–water partition coefficient (Wildman–Crippen LogP) is 2.01. The van der Waals surface area contributed by atoms with Crippen LogP contribution in [0.15, 0.2) is 12.1 Å². The Morgan fingerprint density at radius 2 is 2.42 bits per heavy atom. The summed E-state index contributed by atoms with van der Waals surface area (Å²) < 4.78 is 5.08. The lowest BCUT2D eigenvalue weighted by atomic mass is 10.3. The highest BCUT2D eigenvalue weighted by Crippen LogP contribution is 2.16. The van der Waals surface area contributed by atoms with Crippen molar-refractivity contribution in [3.63, 3.8) is 0 Å². The van der Waals surface area contributed by atoms with Gasteiger partial charge in [0.15, 0.2) is 5.15 Å². The van der Waals surface area contributed by atoms with Crippen LogP contribution in [0.1, 0.15) is 12.5 Å². The van der Waals surface area contributed by atoms with E-state index in [1.165, 1.54) is 0 Å². The predicted molar refractivity (Wildman–Crippen MR) is 45.1 cm³/mol. The molecule has 1 rings (SSSR count). The fourth-order valence-corrected chi connectivity index (χ4v) is 0.918. The van der Waals surface area contributed by atoms with Crippen LogP contribution in [0.2, 0.25) is 5.15 Å². The first-order valence-electron chi connectivity index (χ1n) is 3.47. The Labute approximate surface area is 75.6 Å². The highest BCUT2D eigenvalue weighted by atomic mass is 35.5. The second-order valence-electron chi connectivity index (χ2n) is 2.03. The van der Waals surface area contributed by atoms with Crippen molar-refractivity contribution >= 4 is 11.6 Å². The number of rotatable bonds is 2. The summed E-state index contributed by atoms with van der Waals surface area (Å²) >= 11 is 5.65. The number of halogens is 1. The van der Waals surface area contributed by atoms with Crippen molar-refractivity contribution in [2.24, 2.45) is 0 Å². The lowest BCUT2D eigenvalue weighted by Gasteiger charge is -2.01. The number of ether oxygens (including phenoxy) is 1. The van der Waals surface area contributed by atoms with Gasteiger partial charge in [-0.3, -0.25) is 0 Å². The first-order valence-corrected chi connectivity index (χ1v) is 3.85. The minimum atomic E-state index is 0.184. The van der Waals surface area contributed by atoms with Gasteiger partial charge in [0.25, 0.3) is 0 Å². The second kappa shape index (κ2) is 3.93. The third-order valence-corrected chi connectivity index (χ3v) is 1.52. The van der Waals surface area contributed by atoms with Crippen molar-refractivity contribution in [1.82, 2.24) is 4.98 Å². The monoisotopic (exact) mass is 182 g/mol. The average Bonchev–Trinajstić information content (AvgIpc) is 2.05. The van der Waals surface area contributed by atoms with Crippen molar-refractivity contribution in [3.05, 3.63) is 22.8 Å². The quantitative estimate of drug-likeness (QED) is 0.658. The maximum atomic E-state index is 8.52. The molecule has 0 spiro atoms. The average molecular weight is 183 g/mol. The van der Waals surface area contributed by atoms with Crippen molar-refractivity contribution < 1.29 is 4.74 Å². The smallest absolute Gasteiger partial charge is 0.214 e. The van der Waals surface area contributed by atoms with E-state index in [-0.39, 0.29) is 5.15 Å². The van der Waals surface area contributed by atoms with Gasteiger partial charge in [-0.25, -0.2) is 4.98 Å². The largest absolute Gasteiger partial charge is 0.478 e. The van der Waals surface area contributed by atoms with Crippen LogP contribution >= 0.6 is 11.6 Å². The molecule has 0 aliphatic heterocycles. The minimum Gasteiger partial charge on any atom is -0.478 e. The summed E-state index contributed by atoms with van der Waals surface area (Å²) in [6, 6.07) is 5.12. The van der Waals surface area contributed by atoms with Crippen LogP contribution in [0.4, 0.5) is 0 Å². The number of nitriles is 1. The normalized spacial score (nSPS) is 9.08. The molecule has 0 amide bonds. The maximum absolute atomic E-state index is 8.52. The van der Waals surface area contributed by atoms with E-state index in [4.69, 9.17) is 21.6 Å². The molecule has 0 bridgehead atoms. The first kappa shape index (κ1) is 8.82. The zero-order valence-corrected chi connectivity index (χ0v) is 7.30. The standard InChI is InChI=1S/C8H7ClN2O/c1-2-12-7-4-3-6(5-10)8(9)11-7/h3-4H,2H2,1H3. The molecule has 0 atom stereocenters. The Kier molecular flexibility index (Phi) is 2.89. The fourth-order valence-electron chi connectivity index (χ4n) is 0.729. The summed E-state index contributed by atoms with van der Waals surface area (Å²) in [5.41, 5.74) is 0.361. The number of aromatic nitrogens is 1. The zero-order chi connectivity index (χ0) is 8.97. The van der Waals surface area contributed by atoms with Crippen LogP contribution in [0.25, 0.3) is 0 Å². The van der Waals surface area contributed by atoms with Gasteiger partial charge < -0.3 is 4.74 Å². The molecule has 1 aromatic rings. The number of hydrogen-bond donors (Lipinski definition) is 0. The summed E-state index contributed by atoms with van der Waals surface area (Å²) in [6.07, 6.45) is 0. The second-order valence-corrected chi connectivity index (χ2v) is 2.39. The maximum Gasteiger partial charge on any atom is 0.214 e. The molecule has 0 aliphatic rings. The summed E-state index contributed by atoms with van der Waals surface area (Å²) in [7, 11) is 0. The number of pyridine rings is 1. The highest BCUT2D eigenvalue weighted by Gasteiger charge is 2.01. The van der Waals surface area contributed by atoms with Crippen molar-refractivity contribution in [2.75, 3.05) is 6.61 Å². The van der Waals surface area contributed by atoms with Crippen LogP contribution in [0, 0.1) is 11.3 Å².